The first-order valence-corrected chi connectivity index (χ1v) is 6.65. The van der Waals surface area contributed by atoms with Gasteiger partial charge in [-0.05, 0) is 56.4 Å². The van der Waals surface area contributed by atoms with E-state index >= 15 is 0 Å². The highest BCUT2D eigenvalue weighted by Crippen LogP contribution is 2.29. The number of anilines is 1. The first-order chi connectivity index (χ1) is 9.05. The maximum Gasteiger partial charge on any atom is 0.416 e. The summed E-state index contributed by atoms with van der Waals surface area (Å²) in [6, 6.07) is 5.20. The van der Waals surface area contributed by atoms with Gasteiger partial charge in [0, 0.05) is 12.2 Å². The molecule has 0 aromatic heterocycles. The Balaban J connectivity index is 1.81. The normalized spacial score (nSPS) is 16.1. The molecule has 0 radical (unpaired) electrons. The summed E-state index contributed by atoms with van der Waals surface area (Å²) in [6.45, 7) is 0.775. The number of benzene rings is 1. The Kier molecular flexibility index (Phi) is 4.51. The summed E-state index contributed by atoms with van der Waals surface area (Å²) in [5.41, 5.74) is 1.60. The predicted molar refractivity (Wildman–Crippen MR) is 71.1 cm³/mol. The third kappa shape index (κ3) is 4.30. The van der Waals surface area contributed by atoms with Crippen LogP contribution in [0.2, 0.25) is 0 Å². The molecule has 104 valence electrons. The highest BCUT2D eigenvalue weighted by molar-refractivity contribution is 5.45. The molecule has 0 fully saturated rings. The molecule has 2 rings (SSSR count). The number of halogens is 3. The molecule has 0 heterocycles. The highest BCUT2D eigenvalue weighted by Gasteiger charge is 2.29. The van der Waals surface area contributed by atoms with Gasteiger partial charge in [0.05, 0.1) is 5.56 Å². The van der Waals surface area contributed by atoms with Gasteiger partial charge in [0.25, 0.3) is 0 Å². The van der Waals surface area contributed by atoms with Crippen molar-refractivity contribution in [3.8, 4) is 0 Å². The zero-order chi connectivity index (χ0) is 13.7. The lowest BCUT2D eigenvalue weighted by Crippen LogP contribution is -2.06. The van der Waals surface area contributed by atoms with E-state index in [1.54, 1.807) is 0 Å². The largest absolute Gasteiger partial charge is 0.416 e. The van der Waals surface area contributed by atoms with E-state index in [9.17, 15) is 13.2 Å². The monoisotopic (exact) mass is 269 g/mol. The van der Waals surface area contributed by atoms with Crippen LogP contribution in [-0.4, -0.2) is 6.54 Å². The van der Waals surface area contributed by atoms with E-state index in [0.717, 1.165) is 43.6 Å². The van der Waals surface area contributed by atoms with Gasteiger partial charge in [0.15, 0.2) is 0 Å². The molecule has 1 N–H and O–H groups in total. The quantitative estimate of drug-likeness (QED) is 0.758. The van der Waals surface area contributed by atoms with E-state index in [1.807, 2.05) is 0 Å². The molecule has 0 bridgehead atoms. The fraction of sp³-hybridized carbons (Fsp3) is 0.467. The summed E-state index contributed by atoms with van der Waals surface area (Å²) in [5, 5.41) is 3.16. The molecule has 1 aromatic rings. The van der Waals surface area contributed by atoms with Crippen molar-refractivity contribution in [2.45, 2.75) is 38.3 Å². The van der Waals surface area contributed by atoms with Crippen LogP contribution in [0, 0.1) is 0 Å². The Morgan fingerprint density at radius 1 is 1.05 bits per heavy atom. The summed E-state index contributed by atoms with van der Waals surface area (Å²) in [5.74, 6) is 0. The van der Waals surface area contributed by atoms with Gasteiger partial charge < -0.3 is 5.32 Å². The molecule has 0 unspecified atom stereocenters. The van der Waals surface area contributed by atoms with Gasteiger partial charge in [0.2, 0.25) is 0 Å². The van der Waals surface area contributed by atoms with E-state index in [-0.39, 0.29) is 0 Å². The third-order valence-electron chi connectivity index (χ3n) is 3.37. The first kappa shape index (κ1) is 14.0. The number of nitrogens with one attached hydrogen (secondary N) is 1. The Morgan fingerprint density at radius 3 is 2.37 bits per heavy atom. The van der Waals surface area contributed by atoms with E-state index in [1.165, 1.54) is 30.5 Å². The summed E-state index contributed by atoms with van der Waals surface area (Å²) in [6.07, 6.45) is 3.86. The number of alkyl halides is 3. The summed E-state index contributed by atoms with van der Waals surface area (Å²) in [4.78, 5) is 0. The number of hydrogen-bond acceptors (Lipinski definition) is 1. The van der Waals surface area contributed by atoms with Crippen molar-refractivity contribution in [1.82, 2.24) is 0 Å². The molecule has 0 amide bonds. The predicted octanol–water partition coefficient (Wildman–Crippen LogP) is 5.01. The molecule has 0 aliphatic heterocycles. The molecule has 4 heteroatoms. The minimum absolute atomic E-state index is 0.604. The average molecular weight is 269 g/mol. The topological polar surface area (TPSA) is 12.0 Å². The highest BCUT2D eigenvalue weighted by atomic mass is 19.4. The van der Waals surface area contributed by atoms with Gasteiger partial charge in [-0.15, -0.1) is 0 Å². The van der Waals surface area contributed by atoms with E-state index in [0.29, 0.717) is 0 Å². The van der Waals surface area contributed by atoms with Gasteiger partial charge in [-0.25, -0.2) is 0 Å². The fourth-order valence-electron chi connectivity index (χ4n) is 2.28. The summed E-state index contributed by atoms with van der Waals surface area (Å²) >= 11 is 0. The molecular formula is C15H18F3N. The average Bonchev–Trinajstić information content (AvgIpc) is 2.39. The van der Waals surface area contributed by atoms with E-state index < -0.39 is 11.7 Å². The van der Waals surface area contributed by atoms with Crippen molar-refractivity contribution < 1.29 is 13.2 Å². The second-order valence-corrected chi connectivity index (χ2v) is 4.86. The molecule has 1 nitrogen and oxygen atoms in total. The second kappa shape index (κ2) is 6.13. The van der Waals surface area contributed by atoms with Crippen LogP contribution in [0.15, 0.2) is 35.9 Å². The van der Waals surface area contributed by atoms with Gasteiger partial charge in [-0.3, -0.25) is 0 Å². The molecule has 19 heavy (non-hydrogen) atoms. The standard InChI is InChI=1S/C15H18F3N/c16-15(17,18)13-6-8-14(9-7-13)19-11-10-12-4-2-1-3-5-12/h4,6-9,19H,1-3,5,10-11H2. The molecule has 1 aliphatic rings. The summed E-state index contributed by atoms with van der Waals surface area (Å²) < 4.78 is 37.2. The molecule has 0 spiro atoms. The summed E-state index contributed by atoms with van der Waals surface area (Å²) in [7, 11) is 0. The number of hydrogen-bond donors (Lipinski definition) is 1. The molecular weight excluding hydrogens is 251 g/mol. The van der Waals surface area contributed by atoms with Crippen LogP contribution in [0.1, 0.15) is 37.7 Å². The van der Waals surface area contributed by atoms with Crippen molar-refractivity contribution in [2.24, 2.45) is 0 Å². The molecule has 0 atom stereocenters. The van der Waals surface area contributed by atoms with Crippen LogP contribution >= 0.6 is 0 Å². The molecule has 1 aliphatic carbocycles. The lowest BCUT2D eigenvalue weighted by Gasteiger charge is -2.14. The van der Waals surface area contributed by atoms with Crippen molar-refractivity contribution in [2.75, 3.05) is 11.9 Å². The van der Waals surface area contributed by atoms with Crippen LogP contribution in [0.25, 0.3) is 0 Å². The van der Waals surface area contributed by atoms with E-state index in [2.05, 4.69) is 11.4 Å². The van der Waals surface area contributed by atoms with E-state index in [4.69, 9.17) is 0 Å². The van der Waals surface area contributed by atoms with Crippen LogP contribution in [-0.2, 0) is 6.18 Å². The Hall–Kier alpha value is -1.45. The van der Waals surface area contributed by atoms with Crippen molar-refractivity contribution in [3.63, 3.8) is 0 Å². The van der Waals surface area contributed by atoms with Crippen molar-refractivity contribution in [3.05, 3.63) is 41.5 Å². The number of allylic oxidation sites excluding steroid dienone is 1. The fourth-order valence-corrected chi connectivity index (χ4v) is 2.28. The molecule has 0 saturated carbocycles. The van der Waals surface area contributed by atoms with Crippen LogP contribution in [0.3, 0.4) is 0 Å². The Morgan fingerprint density at radius 2 is 1.79 bits per heavy atom. The van der Waals surface area contributed by atoms with Crippen molar-refractivity contribution >= 4 is 5.69 Å². The maximum absolute atomic E-state index is 12.4. The Bertz CT molecular complexity index is 432. The maximum atomic E-state index is 12.4. The lowest BCUT2D eigenvalue weighted by molar-refractivity contribution is -0.137. The minimum atomic E-state index is -4.26. The Labute approximate surface area is 111 Å². The van der Waals surface area contributed by atoms with Crippen LogP contribution in [0.5, 0.6) is 0 Å². The zero-order valence-electron chi connectivity index (χ0n) is 10.8. The van der Waals surface area contributed by atoms with Crippen molar-refractivity contribution in [1.29, 1.82) is 0 Å². The van der Waals surface area contributed by atoms with Gasteiger partial charge in [-0.1, -0.05) is 11.6 Å². The lowest BCUT2D eigenvalue weighted by atomic mass is 9.97. The smallest absolute Gasteiger partial charge is 0.385 e. The first-order valence-electron chi connectivity index (χ1n) is 6.65. The second-order valence-electron chi connectivity index (χ2n) is 4.86. The zero-order valence-corrected chi connectivity index (χ0v) is 10.8. The number of rotatable bonds is 4. The van der Waals surface area contributed by atoms with Gasteiger partial charge in [-0.2, -0.15) is 13.2 Å². The molecule has 1 aromatic carbocycles. The van der Waals surface area contributed by atoms with Gasteiger partial charge in [0.1, 0.15) is 0 Å². The molecule has 0 saturated heterocycles. The van der Waals surface area contributed by atoms with Gasteiger partial charge >= 0.3 is 6.18 Å². The van der Waals surface area contributed by atoms with Crippen LogP contribution in [0.4, 0.5) is 18.9 Å². The SMILES string of the molecule is FC(F)(F)c1ccc(NCCC2=CCCCC2)cc1. The minimum Gasteiger partial charge on any atom is -0.385 e. The third-order valence-corrected chi connectivity index (χ3v) is 3.37. The van der Waals surface area contributed by atoms with Crippen LogP contribution < -0.4 is 5.32 Å².